The Morgan fingerprint density at radius 2 is 2.17 bits per heavy atom. The molecule has 0 radical (unpaired) electrons. The standard InChI is InChI=1S/C18H25N3O3/c1-11-8-14(24-20-11)13-6-5-7-21(13)10-12-9-15(17(19)22)23-16(12)18(2,3)4/h8-9,13H,5-7,10H2,1-4H3,(H2,19,22)/t13-/m0/s1. The molecule has 0 saturated carbocycles. The van der Waals surface area contributed by atoms with Crippen LogP contribution >= 0.6 is 0 Å². The minimum atomic E-state index is -0.532. The molecule has 2 aromatic heterocycles. The van der Waals surface area contributed by atoms with Gasteiger partial charge in [0, 0.05) is 23.6 Å². The van der Waals surface area contributed by atoms with Gasteiger partial charge in [0.05, 0.1) is 11.7 Å². The van der Waals surface area contributed by atoms with E-state index in [-0.39, 0.29) is 17.2 Å². The van der Waals surface area contributed by atoms with E-state index in [1.54, 1.807) is 6.07 Å². The molecule has 3 heterocycles. The third kappa shape index (κ3) is 3.24. The van der Waals surface area contributed by atoms with Gasteiger partial charge in [0.1, 0.15) is 5.76 Å². The van der Waals surface area contributed by atoms with Crippen LogP contribution < -0.4 is 5.73 Å². The molecule has 1 saturated heterocycles. The summed E-state index contributed by atoms with van der Waals surface area (Å²) in [5, 5.41) is 4.01. The normalized spacial score (nSPS) is 19.1. The number of primary amides is 1. The number of aromatic nitrogens is 1. The number of carbonyl (C=O) groups excluding carboxylic acids is 1. The number of carbonyl (C=O) groups is 1. The molecule has 1 atom stereocenters. The third-order valence-corrected chi connectivity index (χ3v) is 4.44. The van der Waals surface area contributed by atoms with E-state index in [4.69, 9.17) is 14.7 Å². The first kappa shape index (κ1) is 16.8. The molecule has 0 bridgehead atoms. The Bertz CT molecular complexity index is 739. The highest BCUT2D eigenvalue weighted by atomic mass is 16.5. The van der Waals surface area contributed by atoms with Gasteiger partial charge in [-0.05, 0) is 32.4 Å². The Labute approximate surface area is 142 Å². The summed E-state index contributed by atoms with van der Waals surface area (Å²) >= 11 is 0. The average Bonchev–Trinajstić information content (AvgIpc) is 3.17. The number of likely N-dealkylation sites (tertiary alicyclic amines) is 1. The molecule has 1 fully saturated rings. The highest BCUT2D eigenvalue weighted by Crippen LogP contribution is 2.36. The first-order valence-corrected chi connectivity index (χ1v) is 8.36. The van der Waals surface area contributed by atoms with Crippen molar-refractivity contribution in [3.05, 3.63) is 40.7 Å². The molecule has 130 valence electrons. The summed E-state index contributed by atoms with van der Waals surface area (Å²) in [7, 11) is 0. The van der Waals surface area contributed by atoms with E-state index in [9.17, 15) is 4.79 Å². The molecule has 6 heteroatoms. The van der Waals surface area contributed by atoms with Gasteiger partial charge >= 0.3 is 0 Å². The number of nitrogens with two attached hydrogens (primary N) is 1. The van der Waals surface area contributed by atoms with E-state index in [1.165, 1.54) is 0 Å². The van der Waals surface area contributed by atoms with Crippen LogP contribution in [0.3, 0.4) is 0 Å². The lowest BCUT2D eigenvalue weighted by Gasteiger charge is -2.24. The number of amides is 1. The van der Waals surface area contributed by atoms with Crippen LogP contribution in [0.1, 0.15) is 73.0 Å². The number of hydrogen-bond donors (Lipinski definition) is 1. The van der Waals surface area contributed by atoms with E-state index in [0.29, 0.717) is 6.54 Å². The van der Waals surface area contributed by atoms with E-state index >= 15 is 0 Å². The van der Waals surface area contributed by atoms with E-state index in [0.717, 1.165) is 42.2 Å². The predicted octanol–water partition coefficient (Wildman–Crippen LogP) is 3.31. The maximum absolute atomic E-state index is 11.5. The second-order valence-electron chi connectivity index (χ2n) is 7.58. The van der Waals surface area contributed by atoms with Crippen LogP contribution in [0.15, 0.2) is 21.1 Å². The van der Waals surface area contributed by atoms with Crippen LogP contribution in [0.4, 0.5) is 0 Å². The Kier molecular flexibility index (Phi) is 4.25. The topological polar surface area (TPSA) is 85.5 Å². The summed E-state index contributed by atoms with van der Waals surface area (Å²) in [6, 6.07) is 3.99. The van der Waals surface area contributed by atoms with E-state index in [1.807, 2.05) is 13.0 Å². The molecular formula is C18H25N3O3. The minimum Gasteiger partial charge on any atom is -0.455 e. The summed E-state index contributed by atoms with van der Waals surface area (Å²) in [6.07, 6.45) is 2.15. The van der Waals surface area contributed by atoms with Crippen LogP contribution in [0.5, 0.6) is 0 Å². The van der Waals surface area contributed by atoms with Gasteiger partial charge in [0.25, 0.3) is 5.91 Å². The summed E-state index contributed by atoms with van der Waals surface area (Å²) in [5.41, 5.74) is 7.11. The second kappa shape index (κ2) is 6.09. The zero-order valence-corrected chi connectivity index (χ0v) is 14.8. The molecule has 2 N–H and O–H groups in total. The summed E-state index contributed by atoms with van der Waals surface area (Å²) < 4.78 is 11.2. The van der Waals surface area contributed by atoms with Gasteiger partial charge in [-0.2, -0.15) is 0 Å². The van der Waals surface area contributed by atoms with Crippen molar-refractivity contribution in [3.8, 4) is 0 Å². The van der Waals surface area contributed by atoms with Crippen molar-refractivity contribution < 1.29 is 13.7 Å². The molecule has 0 spiro atoms. The molecular weight excluding hydrogens is 306 g/mol. The van der Waals surface area contributed by atoms with Gasteiger partial charge in [0.2, 0.25) is 0 Å². The smallest absolute Gasteiger partial charge is 0.284 e. The van der Waals surface area contributed by atoms with Crippen LogP contribution in [-0.2, 0) is 12.0 Å². The summed E-state index contributed by atoms with van der Waals surface area (Å²) in [6.45, 7) is 9.82. The van der Waals surface area contributed by atoms with Crippen molar-refractivity contribution in [3.63, 3.8) is 0 Å². The number of hydrogen-bond acceptors (Lipinski definition) is 5. The molecule has 0 aromatic carbocycles. The maximum Gasteiger partial charge on any atom is 0.284 e. The quantitative estimate of drug-likeness (QED) is 0.929. The number of aryl methyl sites for hydroxylation is 1. The van der Waals surface area contributed by atoms with Gasteiger partial charge in [-0.15, -0.1) is 0 Å². The second-order valence-corrected chi connectivity index (χ2v) is 7.58. The van der Waals surface area contributed by atoms with Crippen molar-refractivity contribution in [2.75, 3.05) is 6.54 Å². The van der Waals surface area contributed by atoms with Crippen molar-refractivity contribution in [1.82, 2.24) is 10.1 Å². The lowest BCUT2D eigenvalue weighted by Crippen LogP contribution is -2.24. The Morgan fingerprint density at radius 3 is 2.75 bits per heavy atom. The lowest BCUT2D eigenvalue weighted by molar-refractivity contribution is 0.0970. The number of rotatable bonds is 4. The Hall–Kier alpha value is -2.08. The zero-order valence-electron chi connectivity index (χ0n) is 14.8. The van der Waals surface area contributed by atoms with Crippen molar-refractivity contribution in [2.24, 2.45) is 5.73 Å². The van der Waals surface area contributed by atoms with E-state index in [2.05, 4.69) is 30.8 Å². The van der Waals surface area contributed by atoms with Crippen LogP contribution in [0, 0.1) is 6.92 Å². The summed E-state index contributed by atoms with van der Waals surface area (Å²) in [5.74, 6) is 1.41. The SMILES string of the molecule is Cc1cc([C@@H]2CCCN2Cc2cc(C(N)=O)oc2C(C)(C)C)on1. The van der Waals surface area contributed by atoms with E-state index < -0.39 is 5.91 Å². The van der Waals surface area contributed by atoms with Crippen LogP contribution in [0.25, 0.3) is 0 Å². The van der Waals surface area contributed by atoms with Gasteiger partial charge < -0.3 is 14.7 Å². The average molecular weight is 331 g/mol. The fourth-order valence-electron chi connectivity index (χ4n) is 3.40. The summed E-state index contributed by atoms with van der Waals surface area (Å²) in [4.78, 5) is 13.9. The molecule has 1 aliphatic heterocycles. The van der Waals surface area contributed by atoms with Crippen molar-refractivity contribution in [1.29, 1.82) is 0 Å². The Morgan fingerprint density at radius 1 is 1.42 bits per heavy atom. The monoisotopic (exact) mass is 331 g/mol. The largest absolute Gasteiger partial charge is 0.455 e. The van der Waals surface area contributed by atoms with Gasteiger partial charge in [-0.1, -0.05) is 25.9 Å². The van der Waals surface area contributed by atoms with Gasteiger partial charge in [-0.25, -0.2) is 0 Å². The van der Waals surface area contributed by atoms with Crippen LogP contribution in [-0.4, -0.2) is 22.5 Å². The van der Waals surface area contributed by atoms with Gasteiger partial charge in [0.15, 0.2) is 11.5 Å². The predicted molar refractivity (Wildman–Crippen MR) is 89.6 cm³/mol. The molecule has 1 aliphatic rings. The zero-order chi connectivity index (χ0) is 17.5. The van der Waals surface area contributed by atoms with Crippen molar-refractivity contribution in [2.45, 2.75) is 58.5 Å². The third-order valence-electron chi connectivity index (χ3n) is 4.44. The molecule has 2 aromatic rings. The minimum absolute atomic E-state index is 0.193. The molecule has 3 rings (SSSR count). The van der Waals surface area contributed by atoms with Gasteiger partial charge in [-0.3, -0.25) is 9.69 Å². The molecule has 0 aliphatic carbocycles. The maximum atomic E-state index is 11.5. The number of furan rings is 1. The first-order valence-electron chi connectivity index (χ1n) is 8.36. The number of nitrogens with zero attached hydrogens (tertiary/aromatic N) is 2. The highest BCUT2D eigenvalue weighted by molar-refractivity contribution is 5.90. The molecule has 0 unspecified atom stereocenters. The molecule has 24 heavy (non-hydrogen) atoms. The highest BCUT2D eigenvalue weighted by Gasteiger charge is 2.32. The fraction of sp³-hybridized carbons (Fsp3) is 0.556. The van der Waals surface area contributed by atoms with Crippen LogP contribution in [0.2, 0.25) is 0 Å². The fourth-order valence-corrected chi connectivity index (χ4v) is 3.40. The van der Waals surface area contributed by atoms with Crippen molar-refractivity contribution >= 4 is 5.91 Å². The first-order chi connectivity index (χ1) is 11.3. The lowest BCUT2D eigenvalue weighted by atomic mass is 9.90. The Balaban J connectivity index is 1.88. The molecule has 6 nitrogen and oxygen atoms in total. The molecule has 1 amide bonds.